The predicted molar refractivity (Wildman–Crippen MR) is 59.0 cm³/mol. The van der Waals surface area contributed by atoms with Gasteiger partial charge in [0.1, 0.15) is 0 Å². The molecule has 0 unspecified atom stereocenters. The van der Waals surface area contributed by atoms with Crippen molar-refractivity contribution in [2.75, 3.05) is 0 Å². The van der Waals surface area contributed by atoms with Gasteiger partial charge >= 0.3 is 0 Å². The first-order valence-corrected chi connectivity index (χ1v) is 4.39. The van der Waals surface area contributed by atoms with Crippen molar-refractivity contribution in [3.05, 3.63) is 59.8 Å². The Hall–Kier alpha value is -1.96. The molecule has 2 rings (SSSR count). The van der Waals surface area contributed by atoms with Crippen molar-refractivity contribution in [2.45, 2.75) is 0 Å². The summed E-state index contributed by atoms with van der Waals surface area (Å²) in [5, 5.41) is 14.7. The van der Waals surface area contributed by atoms with Crippen molar-refractivity contribution in [3.63, 3.8) is 0 Å². The summed E-state index contributed by atoms with van der Waals surface area (Å²) in [6.07, 6.45) is 14.7. The predicted octanol–water partition coefficient (Wildman–Crippen LogP) is 2.57. The van der Waals surface area contributed by atoms with Gasteiger partial charge < -0.3 is 10.8 Å². The Bertz CT molecular complexity index is 365. The van der Waals surface area contributed by atoms with Crippen molar-refractivity contribution in [2.24, 2.45) is 0 Å². The Morgan fingerprint density at radius 1 is 0.500 bits per heavy atom. The van der Waals surface area contributed by atoms with Crippen LogP contribution in [-0.2, 0) is 0 Å². The van der Waals surface area contributed by atoms with E-state index >= 15 is 0 Å². The van der Waals surface area contributed by atoms with Crippen LogP contribution in [0, 0.1) is 10.8 Å². The minimum Gasteiger partial charge on any atom is -0.301 e. The summed E-state index contributed by atoms with van der Waals surface area (Å²) < 4.78 is 0. The average Bonchev–Trinajstić information content (AvgIpc) is 2.21. The summed E-state index contributed by atoms with van der Waals surface area (Å²) in [6.45, 7) is 0. The number of allylic oxidation sites excluding steroid dienone is 10. The number of hydrogen-bond donors (Lipinski definition) is 2. The molecule has 68 valence electrons. The molecule has 0 atom stereocenters. The van der Waals surface area contributed by atoms with E-state index in [1.807, 2.05) is 24.3 Å². The quantitative estimate of drug-likeness (QED) is 0.578. The maximum atomic E-state index is 7.36. The van der Waals surface area contributed by atoms with E-state index in [1.54, 1.807) is 24.3 Å². The zero-order valence-corrected chi connectivity index (χ0v) is 7.62. The van der Waals surface area contributed by atoms with E-state index in [-0.39, 0.29) is 0 Å². The maximum absolute atomic E-state index is 7.36. The van der Waals surface area contributed by atoms with Gasteiger partial charge in [-0.25, -0.2) is 0 Å². The van der Waals surface area contributed by atoms with E-state index in [0.29, 0.717) is 11.4 Å². The second kappa shape index (κ2) is 3.42. The molecule has 0 aliphatic heterocycles. The van der Waals surface area contributed by atoms with Crippen LogP contribution in [0.3, 0.4) is 0 Å². The molecule has 0 aromatic heterocycles. The Morgan fingerprint density at radius 2 is 0.786 bits per heavy atom. The molecule has 14 heavy (non-hydrogen) atoms. The molecule has 2 N–H and O–H groups in total. The average molecular weight is 182 g/mol. The van der Waals surface area contributed by atoms with Crippen LogP contribution in [-0.4, -0.2) is 11.4 Å². The third kappa shape index (κ3) is 1.69. The highest BCUT2D eigenvalue weighted by atomic mass is 14.4. The molecule has 2 aliphatic rings. The van der Waals surface area contributed by atoms with Gasteiger partial charge in [-0.05, 0) is 35.5 Å². The molecule has 0 bridgehead atoms. The molecular weight excluding hydrogens is 172 g/mol. The zero-order chi connectivity index (χ0) is 9.97. The van der Waals surface area contributed by atoms with Crippen LogP contribution < -0.4 is 0 Å². The van der Waals surface area contributed by atoms with E-state index in [4.69, 9.17) is 10.8 Å². The number of nitrogens with one attached hydrogen (secondary N) is 2. The lowest BCUT2D eigenvalue weighted by atomic mass is 9.99. The molecule has 0 spiro atoms. The van der Waals surface area contributed by atoms with Crippen molar-refractivity contribution in [1.29, 1.82) is 10.8 Å². The molecule has 0 saturated heterocycles. The number of hydrogen-bond acceptors (Lipinski definition) is 2. The Kier molecular flexibility index (Phi) is 2.11. The standard InChI is InChI=1S/C12H10N2/c13-11-5-1-9(2-6-11)10-3-7-12(14)8-4-10/h1-8,13-14H. The van der Waals surface area contributed by atoms with Crippen LogP contribution in [0.15, 0.2) is 59.8 Å². The van der Waals surface area contributed by atoms with Crippen LogP contribution in [0.5, 0.6) is 0 Å². The second-order valence-electron chi connectivity index (χ2n) is 3.15. The molecule has 0 amide bonds. The minimum absolute atomic E-state index is 0.519. The lowest BCUT2D eigenvalue weighted by molar-refractivity contribution is 1.47. The second-order valence-corrected chi connectivity index (χ2v) is 3.15. The van der Waals surface area contributed by atoms with Gasteiger partial charge in [-0.3, -0.25) is 0 Å². The van der Waals surface area contributed by atoms with Crippen LogP contribution >= 0.6 is 0 Å². The molecule has 2 aliphatic carbocycles. The fourth-order valence-electron chi connectivity index (χ4n) is 1.33. The molecule has 0 fully saturated rings. The van der Waals surface area contributed by atoms with Crippen LogP contribution in [0.1, 0.15) is 0 Å². The fourth-order valence-corrected chi connectivity index (χ4v) is 1.33. The van der Waals surface area contributed by atoms with Crippen molar-refractivity contribution in [3.8, 4) is 0 Å². The van der Waals surface area contributed by atoms with E-state index in [2.05, 4.69) is 0 Å². The van der Waals surface area contributed by atoms with Gasteiger partial charge in [-0.2, -0.15) is 0 Å². The summed E-state index contributed by atoms with van der Waals surface area (Å²) in [5.41, 5.74) is 3.21. The smallest absolute Gasteiger partial charge is 0.0540 e. The van der Waals surface area contributed by atoms with Crippen LogP contribution in [0.4, 0.5) is 0 Å². The zero-order valence-electron chi connectivity index (χ0n) is 7.62. The monoisotopic (exact) mass is 182 g/mol. The highest BCUT2D eigenvalue weighted by Gasteiger charge is 2.02. The maximum Gasteiger partial charge on any atom is 0.0540 e. The van der Waals surface area contributed by atoms with Gasteiger partial charge in [0.05, 0.1) is 11.4 Å². The Labute approximate surface area is 82.7 Å². The first-order valence-electron chi connectivity index (χ1n) is 4.39. The van der Waals surface area contributed by atoms with Crippen molar-refractivity contribution < 1.29 is 0 Å². The van der Waals surface area contributed by atoms with Gasteiger partial charge in [0.15, 0.2) is 0 Å². The topological polar surface area (TPSA) is 47.7 Å². The first kappa shape index (κ1) is 8.63. The van der Waals surface area contributed by atoms with Crippen LogP contribution in [0.2, 0.25) is 0 Å². The Morgan fingerprint density at radius 3 is 1.07 bits per heavy atom. The lowest BCUT2D eigenvalue weighted by Gasteiger charge is -2.07. The van der Waals surface area contributed by atoms with Crippen molar-refractivity contribution in [1.82, 2.24) is 0 Å². The Balaban J connectivity index is 2.35. The summed E-state index contributed by atoms with van der Waals surface area (Å²) >= 11 is 0. The first-order chi connectivity index (χ1) is 6.75. The summed E-state index contributed by atoms with van der Waals surface area (Å²) in [5.74, 6) is 0. The molecule has 2 nitrogen and oxygen atoms in total. The number of rotatable bonds is 0. The van der Waals surface area contributed by atoms with E-state index in [1.165, 1.54) is 0 Å². The molecule has 0 radical (unpaired) electrons. The lowest BCUT2D eigenvalue weighted by Crippen LogP contribution is -1.96. The highest BCUT2D eigenvalue weighted by molar-refractivity contribution is 6.05. The SMILES string of the molecule is N=C1C=CC(=C2C=CC(=N)C=C2)C=C1. The van der Waals surface area contributed by atoms with E-state index in [9.17, 15) is 0 Å². The van der Waals surface area contributed by atoms with Gasteiger partial charge in [-0.1, -0.05) is 24.3 Å². The third-order valence-corrected chi connectivity index (χ3v) is 2.10. The minimum atomic E-state index is 0.519. The van der Waals surface area contributed by atoms with Gasteiger partial charge in [0, 0.05) is 0 Å². The molecule has 2 heteroatoms. The largest absolute Gasteiger partial charge is 0.301 e. The van der Waals surface area contributed by atoms with Crippen molar-refractivity contribution >= 4 is 11.4 Å². The summed E-state index contributed by atoms with van der Waals surface area (Å²) in [4.78, 5) is 0. The van der Waals surface area contributed by atoms with Crippen LogP contribution in [0.25, 0.3) is 0 Å². The third-order valence-electron chi connectivity index (χ3n) is 2.10. The molecule has 0 aromatic carbocycles. The molecule has 0 saturated carbocycles. The van der Waals surface area contributed by atoms with Gasteiger partial charge in [-0.15, -0.1) is 0 Å². The van der Waals surface area contributed by atoms with E-state index < -0.39 is 0 Å². The molecule has 0 heterocycles. The van der Waals surface area contributed by atoms with Gasteiger partial charge in [0.25, 0.3) is 0 Å². The summed E-state index contributed by atoms with van der Waals surface area (Å²) in [6, 6.07) is 0. The fraction of sp³-hybridized carbons (Fsp3) is 0. The van der Waals surface area contributed by atoms with Gasteiger partial charge in [0.2, 0.25) is 0 Å². The van der Waals surface area contributed by atoms with E-state index in [0.717, 1.165) is 11.1 Å². The molecule has 0 aromatic rings. The highest BCUT2D eigenvalue weighted by Crippen LogP contribution is 2.17. The summed E-state index contributed by atoms with van der Waals surface area (Å²) in [7, 11) is 0. The molecular formula is C12H10N2. The normalized spacial score (nSPS) is 19.7.